The molecule has 0 bridgehead atoms. The molecule has 0 aliphatic carbocycles. The lowest BCUT2D eigenvalue weighted by Gasteiger charge is -2.15. The highest BCUT2D eigenvalue weighted by Gasteiger charge is 2.15. The molecule has 0 spiro atoms. The molecule has 2 nitrogen and oxygen atoms in total. The maximum atomic E-state index is 13.3. The molecule has 2 aromatic rings. The van der Waals surface area contributed by atoms with E-state index in [0.717, 1.165) is 20.7 Å². The number of rotatable bonds is 4. The monoisotopic (exact) mass is 328 g/mol. The number of aromatic nitrogens is 1. The van der Waals surface area contributed by atoms with Crippen molar-refractivity contribution in [3.8, 4) is 0 Å². The molecule has 2 rings (SSSR count). The molecule has 1 heterocycles. The number of benzene rings is 1. The molecular weight excluding hydrogens is 315 g/mol. The molecular formula is C13H14BrFN2S. The summed E-state index contributed by atoms with van der Waals surface area (Å²) >= 11 is 5.08. The van der Waals surface area contributed by atoms with E-state index in [1.807, 2.05) is 19.4 Å². The summed E-state index contributed by atoms with van der Waals surface area (Å²) in [5, 5.41) is 6.32. The lowest BCUT2D eigenvalue weighted by Crippen LogP contribution is -2.19. The van der Waals surface area contributed by atoms with Gasteiger partial charge in [-0.2, -0.15) is 0 Å². The van der Waals surface area contributed by atoms with Gasteiger partial charge in [-0.05, 0) is 44.2 Å². The molecule has 1 N–H and O–H groups in total. The number of hydrogen-bond donors (Lipinski definition) is 1. The van der Waals surface area contributed by atoms with Crippen LogP contribution in [0.5, 0.6) is 0 Å². The molecule has 1 aromatic heterocycles. The van der Waals surface area contributed by atoms with Crippen LogP contribution in [-0.2, 0) is 6.42 Å². The van der Waals surface area contributed by atoms with Crippen LogP contribution in [0.3, 0.4) is 0 Å². The second-order valence-corrected chi connectivity index (χ2v) is 5.99. The molecule has 1 atom stereocenters. The zero-order valence-corrected chi connectivity index (χ0v) is 12.6. The minimum atomic E-state index is -0.211. The Balaban J connectivity index is 2.22. The maximum Gasteiger partial charge on any atom is 0.123 e. The van der Waals surface area contributed by atoms with Crippen molar-refractivity contribution in [2.75, 3.05) is 7.05 Å². The highest BCUT2D eigenvalue weighted by atomic mass is 79.9. The highest BCUT2D eigenvalue weighted by molar-refractivity contribution is 9.10. The van der Waals surface area contributed by atoms with E-state index in [2.05, 4.69) is 26.2 Å². The fourth-order valence-electron chi connectivity index (χ4n) is 1.81. The van der Waals surface area contributed by atoms with E-state index in [0.29, 0.717) is 6.42 Å². The molecule has 0 amide bonds. The second-order valence-electron chi connectivity index (χ2n) is 4.07. The number of nitrogens with zero attached hydrogens (tertiary/aromatic N) is 1. The van der Waals surface area contributed by atoms with Crippen LogP contribution in [0.1, 0.15) is 22.3 Å². The zero-order chi connectivity index (χ0) is 13.1. The SMILES string of the molecule is CNC(Cc1cc(F)ccc1Br)c1csc(C)n1. The predicted octanol–water partition coefficient (Wildman–Crippen LogP) is 3.86. The van der Waals surface area contributed by atoms with Crippen molar-refractivity contribution < 1.29 is 4.39 Å². The van der Waals surface area contributed by atoms with Crippen molar-refractivity contribution in [3.05, 3.63) is 50.1 Å². The van der Waals surface area contributed by atoms with E-state index < -0.39 is 0 Å². The molecule has 0 aliphatic heterocycles. The summed E-state index contributed by atoms with van der Waals surface area (Å²) in [6.45, 7) is 1.99. The first-order valence-corrected chi connectivity index (χ1v) is 7.30. The fourth-order valence-corrected chi connectivity index (χ4v) is 2.89. The number of likely N-dealkylation sites (N-methyl/N-ethyl adjacent to an activating group) is 1. The second kappa shape index (κ2) is 5.91. The van der Waals surface area contributed by atoms with Gasteiger partial charge in [-0.25, -0.2) is 9.37 Å². The van der Waals surface area contributed by atoms with Crippen molar-refractivity contribution in [1.29, 1.82) is 0 Å². The first-order valence-electron chi connectivity index (χ1n) is 5.63. The Labute approximate surface area is 118 Å². The Morgan fingerprint density at radius 3 is 2.89 bits per heavy atom. The van der Waals surface area contributed by atoms with E-state index in [4.69, 9.17) is 0 Å². The van der Waals surface area contributed by atoms with Crippen LogP contribution in [0.2, 0.25) is 0 Å². The topological polar surface area (TPSA) is 24.9 Å². The van der Waals surface area contributed by atoms with Crippen LogP contribution in [0.4, 0.5) is 4.39 Å². The molecule has 0 aliphatic rings. The van der Waals surface area contributed by atoms with E-state index in [9.17, 15) is 4.39 Å². The summed E-state index contributed by atoms with van der Waals surface area (Å²) in [6, 6.07) is 4.86. The number of hydrogen-bond acceptors (Lipinski definition) is 3. The van der Waals surface area contributed by atoms with E-state index in [1.54, 1.807) is 23.5 Å². The molecule has 0 radical (unpaired) electrons. The average Bonchev–Trinajstić information content (AvgIpc) is 2.77. The van der Waals surface area contributed by atoms with Crippen molar-refractivity contribution in [2.24, 2.45) is 0 Å². The number of nitrogens with one attached hydrogen (secondary N) is 1. The smallest absolute Gasteiger partial charge is 0.123 e. The van der Waals surface area contributed by atoms with Gasteiger partial charge in [-0.15, -0.1) is 11.3 Å². The van der Waals surface area contributed by atoms with Gasteiger partial charge in [0.15, 0.2) is 0 Å². The summed E-state index contributed by atoms with van der Waals surface area (Å²) in [4.78, 5) is 4.48. The third-order valence-electron chi connectivity index (χ3n) is 2.77. The number of aryl methyl sites for hydroxylation is 1. The van der Waals surface area contributed by atoms with Gasteiger partial charge < -0.3 is 5.32 Å². The normalized spacial score (nSPS) is 12.7. The molecule has 18 heavy (non-hydrogen) atoms. The summed E-state index contributed by atoms with van der Waals surface area (Å²) < 4.78 is 14.2. The van der Waals surface area contributed by atoms with Crippen molar-refractivity contribution >= 4 is 27.3 Å². The van der Waals surface area contributed by atoms with Gasteiger partial charge in [0.25, 0.3) is 0 Å². The predicted molar refractivity (Wildman–Crippen MR) is 76.5 cm³/mol. The molecule has 0 saturated carbocycles. The molecule has 0 fully saturated rings. The van der Waals surface area contributed by atoms with E-state index in [1.165, 1.54) is 6.07 Å². The Morgan fingerprint density at radius 1 is 1.50 bits per heavy atom. The third kappa shape index (κ3) is 3.16. The van der Waals surface area contributed by atoms with Gasteiger partial charge in [0, 0.05) is 9.85 Å². The number of thiazole rings is 1. The van der Waals surface area contributed by atoms with Crippen LogP contribution < -0.4 is 5.32 Å². The lowest BCUT2D eigenvalue weighted by atomic mass is 10.0. The highest BCUT2D eigenvalue weighted by Crippen LogP contribution is 2.25. The van der Waals surface area contributed by atoms with Gasteiger partial charge in [0.1, 0.15) is 5.82 Å². The van der Waals surface area contributed by atoms with Gasteiger partial charge >= 0.3 is 0 Å². The van der Waals surface area contributed by atoms with E-state index in [-0.39, 0.29) is 11.9 Å². The largest absolute Gasteiger partial charge is 0.311 e. The van der Waals surface area contributed by atoms with Crippen molar-refractivity contribution in [2.45, 2.75) is 19.4 Å². The maximum absolute atomic E-state index is 13.3. The van der Waals surface area contributed by atoms with Crippen LogP contribution in [0, 0.1) is 12.7 Å². The minimum absolute atomic E-state index is 0.105. The molecule has 1 unspecified atom stereocenters. The summed E-state index contributed by atoms with van der Waals surface area (Å²) in [7, 11) is 1.90. The molecule has 5 heteroatoms. The molecule has 96 valence electrons. The van der Waals surface area contributed by atoms with Crippen molar-refractivity contribution in [1.82, 2.24) is 10.3 Å². The van der Waals surface area contributed by atoms with Gasteiger partial charge in [-0.3, -0.25) is 0 Å². The first kappa shape index (κ1) is 13.6. The Kier molecular flexibility index (Phi) is 4.48. The quantitative estimate of drug-likeness (QED) is 0.921. The fraction of sp³-hybridized carbons (Fsp3) is 0.308. The summed E-state index contributed by atoms with van der Waals surface area (Å²) in [5.41, 5.74) is 1.95. The lowest BCUT2D eigenvalue weighted by molar-refractivity contribution is 0.571. The molecule has 1 aromatic carbocycles. The van der Waals surface area contributed by atoms with Crippen LogP contribution in [0.25, 0.3) is 0 Å². The Morgan fingerprint density at radius 2 is 2.28 bits per heavy atom. The Bertz CT molecular complexity index is 542. The Hall–Kier alpha value is -0.780. The summed E-state index contributed by atoms with van der Waals surface area (Å²) in [5.74, 6) is -0.211. The van der Waals surface area contributed by atoms with Crippen LogP contribution in [0.15, 0.2) is 28.1 Å². The van der Waals surface area contributed by atoms with Gasteiger partial charge in [0.2, 0.25) is 0 Å². The van der Waals surface area contributed by atoms with Crippen LogP contribution in [-0.4, -0.2) is 12.0 Å². The van der Waals surface area contributed by atoms with E-state index >= 15 is 0 Å². The standard InChI is InChI=1S/C13H14BrFN2S/c1-8-17-13(7-18-8)12(16-2)6-9-5-10(15)3-4-11(9)14/h3-5,7,12,16H,6H2,1-2H3. The third-order valence-corrected chi connectivity index (χ3v) is 4.34. The van der Waals surface area contributed by atoms with Crippen molar-refractivity contribution in [3.63, 3.8) is 0 Å². The summed E-state index contributed by atoms with van der Waals surface area (Å²) in [6.07, 6.45) is 0.706. The van der Waals surface area contributed by atoms with Crippen LogP contribution >= 0.6 is 27.3 Å². The first-order chi connectivity index (χ1) is 8.60. The zero-order valence-electron chi connectivity index (χ0n) is 10.2. The minimum Gasteiger partial charge on any atom is -0.311 e. The van der Waals surface area contributed by atoms with Gasteiger partial charge in [0.05, 0.1) is 16.7 Å². The number of halogens is 2. The molecule has 0 saturated heterocycles. The average molecular weight is 329 g/mol. The van der Waals surface area contributed by atoms with Gasteiger partial charge in [-0.1, -0.05) is 15.9 Å².